The molecule has 1 atom stereocenters. The van der Waals surface area contributed by atoms with E-state index in [0.29, 0.717) is 12.8 Å². The maximum atomic E-state index is 12.2. The number of carbonyl (C=O) groups excluding carboxylic acids is 2. The van der Waals surface area contributed by atoms with Crippen molar-refractivity contribution in [3.8, 4) is 0 Å². The standard InChI is InChI=1S/C34H62O5/c1-4-6-8-10-12-14-15-16-17-18-19-21-22-24-26-28-33(35)38-31-32(30-37-3)39-34(36)29-27-25-23-20-13-11-9-7-5-2/h7,9,16-17,32H,4-6,8,10-15,18-31H2,1-3H3/b9-7-,17-16-. The van der Waals surface area contributed by atoms with Gasteiger partial charge >= 0.3 is 11.9 Å². The molecule has 1 unspecified atom stereocenters. The molecule has 39 heavy (non-hydrogen) atoms. The van der Waals surface area contributed by atoms with Crippen LogP contribution in [0.4, 0.5) is 0 Å². The Balaban J connectivity index is 3.70. The number of hydrogen-bond donors (Lipinski definition) is 0. The summed E-state index contributed by atoms with van der Waals surface area (Å²) in [5.41, 5.74) is 0. The van der Waals surface area contributed by atoms with Gasteiger partial charge in [0.05, 0.1) is 6.61 Å². The normalized spacial score (nSPS) is 12.4. The lowest BCUT2D eigenvalue weighted by Crippen LogP contribution is -2.29. The van der Waals surface area contributed by atoms with Crippen LogP contribution in [0.2, 0.25) is 0 Å². The Morgan fingerprint density at radius 1 is 0.564 bits per heavy atom. The summed E-state index contributed by atoms with van der Waals surface area (Å²) in [6, 6.07) is 0. The lowest BCUT2D eigenvalue weighted by atomic mass is 10.1. The minimum atomic E-state index is -0.536. The summed E-state index contributed by atoms with van der Waals surface area (Å²) < 4.78 is 16.0. The molecule has 0 aliphatic heterocycles. The summed E-state index contributed by atoms with van der Waals surface area (Å²) >= 11 is 0. The van der Waals surface area contributed by atoms with E-state index in [9.17, 15) is 9.59 Å². The summed E-state index contributed by atoms with van der Waals surface area (Å²) in [5, 5.41) is 0. The van der Waals surface area contributed by atoms with Gasteiger partial charge in [-0.15, -0.1) is 0 Å². The summed E-state index contributed by atoms with van der Waals surface area (Å²) in [7, 11) is 1.56. The van der Waals surface area contributed by atoms with Crippen LogP contribution >= 0.6 is 0 Å². The molecule has 0 fully saturated rings. The van der Waals surface area contributed by atoms with Gasteiger partial charge < -0.3 is 14.2 Å². The third-order valence-corrected chi connectivity index (χ3v) is 6.88. The number of unbranched alkanes of at least 4 members (excludes halogenated alkanes) is 16. The van der Waals surface area contributed by atoms with E-state index in [4.69, 9.17) is 14.2 Å². The molecule has 0 aliphatic carbocycles. The third-order valence-electron chi connectivity index (χ3n) is 6.88. The molecule has 0 aromatic heterocycles. The average Bonchev–Trinajstić information content (AvgIpc) is 2.93. The van der Waals surface area contributed by atoms with Crippen LogP contribution in [0.3, 0.4) is 0 Å². The highest BCUT2D eigenvalue weighted by Gasteiger charge is 2.17. The predicted octanol–water partition coefficient (Wildman–Crippen LogP) is 9.82. The molecule has 5 heteroatoms. The minimum Gasteiger partial charge on any atom is -0.462 e. The average molecular weight is 551 g/mol. The van der Waals surface area contributed by atoms with Gasteiger partial charge in [-0.3, -0.25) is 9.59 Å². The molecule has 0 bridgehead atoms. The number of carbonyl (C=O) groups is 2. The molecule has 228 valence electrons. The van der Waals surface area contributed by atoms with Gasteiger partial charge in [0.1, 0.15) is 6.61 Å². The Kier molecular flexibility index (Phi) is 29.6. The van der Waals surface area contributed by atoms with Gasteiger partial charge in [-0.05, 0) is 57.8 Å². The first-order valence-corrected chi connectivity index (χ1v) is 16.3. The van der Waals surface area contributed by atoms with Crippen molar-refractivity contribution in [3.63, 3.8) is 0 Å². The largest absolute Gasteiger partial charge is 0.462 e. The fourth-order valence-electron chi connectivity index (χ4n) is 4.49. The maximum absolute atomic E-state index is 12.2. The van der Waals surface area contributed by atoms with Crippen molar-refractivity contribution in [1.82, 2.24) is 0 Å². The first kappa shape index (κ1) is 37.4. The zero-order valence-electron chi connectivity index (χ0n) is 25.9. The van der Waals surface area contributed by atoms with Gasteiger partial charge in [-0.1, -0.05) is 109 Å². The molecule has 5 nitrogen and oxygen atoms in total. The van der Waals surface area contributed by atoms with Crippen molar-refractivity contribution in [1.29, 1.82) is 0 Å². The SMILES string of the molecule is CC/C=C\CCCCCCCC(=O)OC(COC)COC(=O)CCCCCCC/C=C\CCCCCCCC. The Morgan fingerprint density at radius 3 is 1.54 bits per heavy atom. The van der Waals surface area contributed by atoms with E-state index < -0.39 is 6.10 Å². The zero-order chi connectivity index (χ0) is 28.7. The second kappa shape index (κ2) is 30.9. The van der Waals surface area contributed by atoms with Crippen molar-refractivity contribution in [2.45, 2.75) is 161 Å². The van der Waals surface area contributed by atoms with Crippen LogP contribution in [0.25, 0.3) is 0 Å². The molecule has 0 amide bonds. The van der Waals surface area contributed by atoms with Crippen LogP contribution in [-0.2, 0) is 23.8 Å². The minimum absolute atomic E-state index is 0.0643. The zero-order valence-corrected chi connectivity index (χ0v) is 25.9. The van der Waals surface area contributed by atoms with Crippen LogP contribution in [0.5, 0.6) is 0 Å². The second-order valence-corrected chi connectivity index (χ2v) is 10.8. The summed E-state index contributed by atoms with van der Waals surface area (Å²) in [6.07, 6.45) is 33.1. The number of allylic oxidation sites excluding steroid dienone is 4. The van der Waals surface area contributed by atoms with Crippen molar-refractivity contribution >= 4 is 11.9 Å². The fraction of sp³-hybridized carbons (Fsp3) is 0.824. The molecule has 0 spiro atoms. The van der Waals surface area contributed by atoms with E-state index >= 15 is 0 Å². The van der Waals surface area contributed by atoms with Gasteiger partial charge in [0, 0.05) is 20.0 Å². The number of rotatable bonds is 29. The number of hydrogen-bond acceptors (Lipinski definition) is 5. The van der Waals surface area contributed by atoms with Crippen LogP contribution in [0, 0.1) is 0 Å². The van der Waals surface area contributed by atoms with E-state index in [1.165, 1.54) is 70.6 Å². The van der Waals surface area contributed by atoms with E-state index in [1.54, 1.807) is 7.11 Å². The lowest BCUT2D eigenvalue weighted by molar-refractivity contribution is -0.162. The third kappa shape index (κ3) is 29.2. The molecule has 0 aromatic rings. The highest BCUT2D eigenvalue weighted by molar-refractivity contribution is 5.70. The Hall–Kier alpha value is -1.62. The van der Waals surface area contributed by atoms with Gasteiger partial charge in [0.25, 0.3) is 0 Å². The molecule has 0 aliphatic rings. The number of ether oxygens (including phenoxy) is 3. The highest BCUT2D eigenvalue weighted by atomic mass is 16.6. The molecule has 0 N–H and O–H groups in total. The summed E-state index contributed by atoms with van der Waals surface area (Å²) in [5.74, 6) is -0.463. The predicted molar refractivity (Wildman–Crippen MR) is 164 cm³/mol. The molecule has 0 radical (unpaired) electrons. The van der Waals surface area contributed by atoms with E-state index in [-0.39, 0.29) is 25.2 Å². The monoisotopic (exact) mass is 550 g/mol. The number of esters is 2. The van der Waals surface area contributed by atoms with Crippen LogP contribution < -0.4 is 0 Å². The second-order valence-electron chi connectivity index (χ2n) is 10.8. The molecule has 0 saturated carbocycles. The molecule has 0 heterocycles. The Labute approximate surface area is 241 Å². The summed E-state index contributed by atoms with van der Waals surface area (Å²) in [6.45, 7) is 4.71. The van der Waals surface area contributed by atoms with Crippen molar-refractivity contribution in [3.05, 3.63) is 24.3 Å². The maximum Gasteiger partial charge on any atom is 0.306 e. The highest BCUT2D eigenvalue weighted by Crippen LogP contribution is 2.12. The van der Waals surface area contributed by atoms with Gasteiger partial charge in [-0.25, -0.2) is 0 Å². The number of methoxy groups -OCH3 is 1. The van der Waals surface area contributed by atoms with Gasteiger partial charge in [0.15, 0.2) is 6.10 Å². The van der Waals surface area contributed by atoms with Crippen molar-refractivity contribution in [2.75, 3.05) is 20.3 Å². The topological polar surface area (TPSA) is 61.8 Å². The molecular weight excluding hydrogens is 488 g/mol. The van der Waals surface area contributed by atoms with Gasteiger partial charge in [0.2, 0.25) is 0 Å². The molecular formula is C34H62O5. The smallest absolute Gasteiger partial charge is 0.306 e. The Bertz CT molecular complexity index is 598. The fourth-order valence-corrected chi connectivity index (χ4v) is 4.49. The van der Waals surface area contributed by atoms with Gasteiger partial charge in [-0.2, -0.15) is 0 Å². The van der Waals surface area contributed by atoms with Crippen molar-refractivity contribution in [2.24, 2.45) is 0 Å². The van der Waals surface area contributed by atoms with Crippen molar-refractivity contribution < 1.29 is 23.8 Å². The summed E-state index contributed by atoms with van der Waals surface area (Å²) in [4.78, 5) is 24.3. The van der Waals surface area contributed by atoms with Crippen LogP contribution in [0.1, 0.15) is 155 Å². The lowest BCUT2D eigenvalue weighted by Gasteiger charge is -2.17. The quantitative estimate of drug-likeness (QED) is 0.0527. The van der Waals surface area contributed by atoms with Crippen LogP contribution in [-0.4, -0.2) is 38.4 Å². The Morgan fingerprint density at radius 2 is 1.03 bits per heavy atom. The first-order chi connectivity index (χ1) is 19.1. The first-order valence-electron chi connectivity index (χ1n) is 16.3. The molecule has 0 aromatic carbocycles. The molecule has 0 saturated heterocycles. The van der Waals surface area contributed by atoms with E-state index in [2.05, 4.69) is 38.2 Å². The van der Waals surface area contributed by atoms with E-state index in [1.807, 2.05) is 0 Å². The molecule has 0 rings (SSSR count). The van der Waals surface area contributed by atoms with Crippen LogP contribution in [0.15, 0.2) is 24.3 Å². The van der Waals surface area contributed by atoms with E-state index in [0.717, 1.165) is 57.8 Å².